The van der Waals surface area contributed by atoms with Crippen LogP contribution in [0.4, 0.5) is 0 Å². The van der Waals surface area contributed by atoms with Gasteiger partial charge in [0.15, 0.2) is 0 Å². The Morgan fingerprint density at radius 3 is 2.43 bits per heavy atom. The Morgan fingerprint density at radius 1 is 1.57 bits per heavy atom. The van der Waals surface area contributed by atoms with E-state index in [-0.39, 0.29) is 18.9 Å². The summed E-state index contributed by atoms with van der Waals surface area (Å²) in [6.45, 7) is 3.44. The van der Waals surface area contributed by atoms with Gasteiger partial charge in [-0.1, -0.05) is 0 Å². The van der Waals surface area contributed by atoms with Crippen molar-refractivity contribution in [2.75, 3.05) is 26.8 Å². The molecule has 0 amide bonds. The topological polar surface area (TPSA) is 15.3 Å². The Kier molecular flexibility index (Phi) is 3.77. The number of hydrogen-bond donors (Lipinski definition) is 1. The Balaban J connectivity index is 0.000000360. The molecule has 2 nitrogen and oxygen atoms in total. The molecule has 0 spiro atoms. The third-order valence-electron chi connectivity index (χ3n) is 1.05. The van der Waals surface area contributed by atoms with Crippen LogP contribution >= 0.6 is 0 Å². The molecule has 0 aromatic heterocycles. The number of hydrogen-bond acceptors (Lipinski definition) is 2. The molecule has 1 aliphatic rings. The fraction of sp³-hybridized carbons (Fsp3) is 1.00. The first-order valence-electron chi connectivity index (χ1n) is 2.29. The average Bonchev–Trinajstić information content (AvgIpc) is 1.86. The van der Waals surface area contributed by atoms with Crippen molar-refractivity contribution in [3.8, 4) is 0 Å². The van der Waals surface area contributed by atoms with Gasteiger partial charge in [-0.3, -0.25) is 4.90 Å². The number of nitrogens with zero attached hydrogens (tertiary/aromatic N) is 1. The van der Waals surface area contributed by atoms with Gasteiger partial charge in [0.1, 0.15) is 0 Å². The predicted molar refractivity (Wildman–Crippen MR) is 32.6 cm³/mol. The molecule has 0 aliphatic carbocycles. The summed E-state index contributed by atoms with van der Waals surface area (Å²) in [7, 11) is 2.11. The molecule has 0 unspecified atom stereocenters. The first kappa shape index (κ1) is 7.52. The van der Waals surface area contributed by atoms with E-state index in [1.165, 1.54) is 6.54 Å². The van der Waals surface area contributed by atoms with E-state index in [4.69, 9.17) is 0 Å². The summed E-state index contributed by atoms with van der Waals surface area (Å²) < 4.78 is 0. The van der Waals surface area contributed by atoms with Gasteiger partial charge in [0, 0.05) is 19.8 Å². The summed E-state index contributed by atoms with van der Waals surface area (Å²) in [5, 5.41) is 3.20. The molecule has 1 fully saturated rings. The minimum absolute atomic E-state index is 0. The molecule has 1 saturated heterocycles. The monoisotopic (exact) mass is 94.1 g/mol. The molecule has 1 N–H and O–H groups in total. The molecular formula is C4H11LiN2. The van der Waals surface area contributed by atoms with Gasteiger partial charge in [0.25, 0.3) is 0 Å². The van der Waals surface area contributed by atoms with E-state index in [2.05, 4.69) is 17.3 Å². The van der Waals surface area contributed by atoms with Crippen LogP contribution in [-0.2, 0) is 0 Å². The molecule has 0 bridgehead atoms. The van der Waals surface area contributed by atoms with Crippen molar-refractivity contribution >= 4 is 18.9 Å². The third kappa shape index (κ3) is 2.35. The SMILES string of the molecule is CN1CCNC1.[LiH]. The average molecular weight is 94.1 g/mol. The maximum atomic E-state index is 3.20. The Morgan fingerprint density at radius 2 is 2.29 bits per heavy atom. The van der Waals surface area contributed by atoms with Gasteiger partial charge in [0.05, 0.1) is 0 Å². The molecular weight excluding hydrogens is 83.0 g/mol. The molecule has 1 rings (SSSR count). The van der Waals surface area contributed by atoms with Crippen molar-refractivity contribution in [1.82, 2.24) is 10.2 Å². The quantitative estimate of drug-likeness (QED) is 0.380. The van der Waals surface area contributed by atoms with Crippen LogP contribution in [0, 0.1) is 0 Å². The van der Waals surface area contributed by atoms with Crippen molar-refractivity contribution in [2.24, 2.45) is 0 Å². The summed E-state index contributed by atoms with van der Waals surface area (Å²) in [6, 6.07) is 0. The molecule has 0 saturated carbocycles. The molecule has 38 valence electrons. The van der Waals surface area contributed by atoms with E-state index in [0.29, 0.717) is 0 Å². The summed E-state index contributed by atoms with van der Waals surface area (Å²) in [5.74, 6) is 0. The van der Waals surface area contributed by atoms with Gasteiger partial charge in [-0.25, -0.2) is 0 Å². The van der Waals surface area contributed by atoms with Crippen LogP contribution in [0.3, 0.4) is 0 Å². The van der Waals surface area contributed by atoms with E-state index < -0.39 is 0 Å². The normalized spacial score (nSPS) is 21.9. The molecule has 3 heteroatoms. The van der Waals surface area contributed by atoms with Gasteiger partial charge in [-0.05, 0) is 7.05 Å². The van der Waals surface area contributed by atoms with Gasteiger partial charge in [-0.15, -0.1) is 0 Å². The van der Waals surface area contributed by atoms with Crippen molar-refractivity contribution in [3.63, 3.8) is 0 Å². The molecule has 0 atom stereocenters. The fourth-order valence-corrected chi connectivity index (χ4v) is 0.619. The second kappa shape index (κ2) is 3.51. The molecule has 7 heavy (non-hydrogen) atoms. The van der Waals surface area contributed by atoms with Crippen LogP contribution in [0.2, 0.25) is 0 Å². The summed E-state index contributed by atoms with van der Waals surface area (Å²) >= 11 is 0. The molecule has 0 aromatic rings. The minimum atomic E-state index is 0. The van der Waals surface area contributed by atoms with E-state index in [1.54, 1.807) is 0 Å². The Bertz CT molecular complexity index is 43.0. The standard InChI is InChI=1S/C4H10N2.Li.H/c1-6-3-2-5-4-6;;/h5H,2-4H2,1H3;;. The van der Waals surface area contributed by atoms with Gasteiger partial charge in [0.2, 0.25) is 0 Å². The first-order valence-corrected chi connectivity index (χ1v) is 2.29. The Labute approximate surface area is 56.4 Å². The van der Waals surface area contributed by atoms with Crippen LogP contribution in [0.1, 0.15) is 0 Å². The molecule has 0 aromatic carbocycles. The summed E-state index contributed by atoms with van der Waals surface area (Å²) in [5.41, 5.74) is 0. The summed E-state index contributed by atoms with van der Waals surface area (Å²) in [6.07, 6.45) is 0. The van der Waals surface area contributed by atoms with Crippen LogP contribution in [0.15, 0.2) is 0 Å². The molecule has 1 aliphatic heterocycles. The fourth-order valence-electron chi connectivity index (χ4n) is 0.619. The van der Waals surface area contributed by atoms with Gasteiger partial charge in [-0.2, -0.15) is 0 Å². The van der Waals surface area contributed by atoms with Crippen molar-refractivity contribution in [2.45, 2.75) is 0 Å². The maximum absolute atomic E-state index is 3.20. The second-order valence-corrected chi connectivity index (χ2v) is 1.74. The van der Waals surface area contributed by atoms with Crippen molar-refractivity contribution < 1.29 is 0 Å². The van der Waals surface area contributed by atoms with Crippen LogP contribution < -0.4 is 5.32 Å². The van der Waals surface area contributed by atoms with E-state index in [9.17, 15) is 0 Å². The van der Waals surface area contributed by atoms with E-state index in [1.807, 2.05) is 0 Å². The van der Waals surface area contributed by atoms with Crippen molar-refractivity contribution in [1.29, 1.82) is 0 Å². The van der Waals surface area contributed by atoms with E-state index in [0.717, 1.165) is 13.2 Å². The third-order valence-corrected chi connectivity index (χ3v) is 1.05. The molecule has 1 heterocycles. The van der Waals surface area contributed by atoms with Gasteiger partial charge < -0.3 is 5.32 Å². The van der Waals surface area contributed by atoms with E-state index >= 15 is 0 Å². The van der Waals surface area contributed by atoms with Crippen LogP contribution in [0.5, 0.6) is 0 Å². The molecule has 0 radical (unpaired) electrons. The Hall–Kier alpha value is 0.517. The number of rotatable bonds is 0. The van der Waals surface area contributed by atoms with Crippen molar-refractivity contribution in [3.05, 3.63) is 0 Å². The first-order chi connectivity index (χ1) is 2.89. The zero-order valence-electron chi connectivity index (χ0n) is 4.07. The van der Waals surface area contributed by atoms with Gasteiger partial charge >= 0.3 is 18.9 Å². The zero-order chi connectivity index (χ0) is 4.41. The van der Waals surface area contributed by atoms with Crippen LogP contribution in [0.25, 0.3) is 0 Å². The summed E-state index contributed by atoms with van der Waals surface area (Å²) in [4.78, 5) is 2.25. The van der Waals surface area contributed by atoms with Crippen LogP contribution in [-0.4, -0.2) is 50.6 Å². The number of likely N-dealkylation sites (N-methyl/N-ethyl adjacent to an activating group) is 1. The number of nitrogens with one attached hydrogen (secondary N) is 1. The predicted octanol–water partition coefficient (Wildman–Crippen LogP) is -1.17. The zero-order valence-corrected chi connectivity index (χ0v) is 4.07. The second-order valence-electron chi connectivity index (χ2n) is 1.74.